The van der Waals surface area contributed by atoms with E-state index in [0.717, 1.165) is 30.6 Å². The molecule has 1 saturated heterocycles. The molecule has 3 N–H and O–H groups in total. The van der Waals surface area contributed by atoms with E-state index < -0.39 is 6.04 Å². The highest BCUT2D eigenvalue weighted by Gasteiger charge is 2.21. The van der Waals surface area contributed by atoms with E-state index in [9.17, 15) is 9.59 Å². The Balaban J connectivity index is 0.00000242. The van der Waals surface area contributed by atoms with E-state index in [0.29, 0.717) is 19.4 Å². The third-order valence-electron chi connectivity index (χ3n) is 3.72. The second kappa shape index (κ2) is 8.76. The molecule has 1 aromatic carbocycles. The van der Waals surface area contributed by atoms with Gasteiger partial charge in [0.05, 0.1) is 6.04 Å². The van der Waals surface area contributed by atoms with Gasteiger partial charge in [0.15, 0.2) is 0 Å². The second-order valence-electron chi connectivity index (χ2n) is 5.43. The number of amides is 2. The Morgan fingerprint density at radius 3 is 2.59 bits per heavy atom. The smallest absolute Gasteiger partial charge is 0.237 e. The van der Waals surface area contributed by atoms with Gasteiger partial charge in [-0.1, -0.05) is 25.5 Å². The van der Waals surface area contributed by atoms with Crippen LogP contribution in [-0.2, 0) is 16.1 Å². The summed E-state index contributed by atoms with van der Waals surface area (Å²) in [6, 6.07) is 7.29. The quantitative estimate of drug-likeness (QED) is 0.839. The molecular weight excluding hydrogens is 302 g/mol. The highest BCUT2D eigenvalue weighted by molar-refractivity contribution is 5.95. The van der Waals surface area contributed by atoms with Crippen molar-refractivity contribution in [1.82, 2.24) is 5.32 Å². The van der Waals surface area contributed by atoms with E-state index in [1.807, 2.05) is 31.2 Å². The van der Waals surface area contributed by atoms with Crippen molar-refractivity contribution in [3.05, 3.63) is 29.8 Å². The number of carbonyl (C=O) groups excluding carboxylic acids is 2. The first-order valence-electron chi connectivity index (χ1n) is 7.54. The fraction of sp³-hybridized carbons (Fsp3) is 0.500. The summed E-state index contributed by atoms with van der Waals surface area (Å²) in [5.41, 5.74) is 7.69. The lowest BCUT2D eigenvalue weighted by Crippen LogP contribution is -2.40. The standard InChI is InChI=1S/C16H23N3O2.ClH/c1-2-4-14(17)16(21)18-11-12-6-8-13(9-7-12)19-10-3-5-15(19)20;/h6-9,14H,2-5,10-11,17H2,1H3,(H,18,21);1H. The molecule has 1 atom stereocenters. The molecule has 1 heterocycles. The molecule has 2 rings (SSSR count). The van der Waals surface area contributed by atoms with E-state index in [2.05, 4.69) is 5.32 Å². The predicted molar refractivity (Wildman–Crippen MR) is 90.0 cm³/mol. The highest BCUT2D eigenvalue weighted by atomic mass is 35.5. The van der Waals surface area contributed by atoms with Crippen LogP contribution in [0.5, 0.6) is 0 Å². The minimum atomic E-state index is -0.434. The van der Waals surface area contributed by atoms with Crippen molar-refractivity contribution in [3.8, 4) is 0 Å². The van der Waals surface area contributed by atoms with Crippen molar-refractivity contribution in [3.63, 3.8) is 0 Å². The number of halogens is 1. The number of anilines is 1. The molecule has 0 aromatic heterocycles. The third kappa shape index (κ3) is 4.71. The van der Waals surface area contributed by atoms with Gasteiger partial charge in [-0.3, -0.25) is 9.59 Å². The van der Waals surface area contributed by atoms with E-state index >= 15 is 0 Å². The lowest BCUT2D eigenvalue weighted by molar-refractivity contribution is -0.122. The maximum atomic E-state index is 11.7. The molecule has 1 aliphatic rings. The number of benzene rings is 1. The van der Waals surface area contributed by atoms with Crippen LogP contribution in [0.25, 0.3) is 0 Å². The average Bonchev–Trinajstić information content (AvgIpc) is 2.91. The summed E-state index contributed by atoms with van der Waals surface area (Å²) in [6.07, 6.45) is 3.15. The first kappa shape index (κ1) is 18.5. The monoisotopic (exact) mass is 325 g/mol. The fourth-order valence-corrected chi connectivity index (χ4v) is 2.48. The van der Waals surface area contributed by atoms with Crippen molar-refractivity contribution >= 4 is 29.9 Å². The Kier molecular flexibility index (Phi) is 7.35. The molecule has 1 aromatic rings. The van der Waals surface area contributed by atoms with Crippen molar-refractivity contribution in [1.29, 1.82) is 0 Å². The SMILES string of the molecule is CCCC(N)C(=O)NCc1ccc(N2CCCC2=O)cc1.Cl. The Labute approximate surface area is 137 Å². The van der Waals surface area contributed by atoms with Crippen LogP contribution >= 0.6 is 12.4 Å². The number of nitrogens with one attached hydrogen (secondary N) is 1. The van der Waals surface area contributed by atoms with Gasteiger partial charge in [-0.05, 0) is 30.5 Å². The van der Waals surface area contributed by atoms with Crippen LogP contribution in [0.4, 0.5) is 5.69 Å². The van der Waals surface area contributed by atoms with E-state index in [-0.39, 0.29) is 24.2 Å². The van der Waals surface area contributed by atoms with E-state index in [4.69, 9.17) is 5.73 Å². The van der Waals surface area contributed by atoms with Gasteiger partial charge < -0.3 is 16.0 Å². The van der Waals surface area contributed by atoms with Crippen molar-refractivity contribution in [2.75, 3.05) is 11.4 Å². The van der Waals surface area contributed by atoms with Gasteiger partial charge in [-0.2, -0.15) is 0 Å². The second-order valence-corrected chi connectivity index (χ2v) is 5.43. The average molecular weight is 326 g/mol. The Morgan fingerprint density at radius 2 is 2.05 bits per heavy atom. The molecule has 2 amide bonds. The van der Waals surface area contributed by atoms with Crippen molar-refractivity contribution < 1.29 is 9.59 Å². The number of hydrogen-bond donors (Lipinski definition) is 2. The van der Waals surface area contributed by atoms with E-state index in [1.54, 1.807) is 4.90 Å². The molecule has 0 radical (unpaired) electrons. The first-order chi connectivity index (χ1) is 10.1. The lowest BCUT2D eigenvalue weighted by atomic mass is 10.1. The van der Waals surface area contributed by atoms with Crippen LogP contribution in [-0.4, -0.2) is 24.4 Å². The zero-order valence-electron chi connectivity index (χ0n) is 12.9. The van der Waals surface area contributed by atoms with Crippen molar-refractivity contribution in [2.45, 2.75) is 45.2 Å². The van der Waals surface area contributed by atoms with Gasteiger partial charge in [0.1, 0.15) is 0 Å². The molecule has 0 aliphatic carbocycles. The molecule has 5 nitrogen and oxygen atoms in total. The van der Waals surface area contributed by atoms with Gasteiger partial charge >= 0.3 is 0 Å². The number of carbonyl (C=O) groups is 2. The third-order valence-corrected chi connectivity index (χ3v) is 3.72. The maximum Gasteiger partial charge on any atom is 0.237 e. The molecule has 22 heavy (non-hydrogen) atoms. The normalized spacial score (nSPS) is 15.4. The van der Waals surface area contributed by atoms with Gasteiger partial charge in [-0.25, -0.2) is 0 Å². The largest absolute Gasteiger partial charge is 0.351 e. The van der Waals surface area contributed by atoms with Crippen LogP contribution in [0.2, 0.25) is 0 Å². The summed E-state index contributed by atoms with van der Waals surface area (Å²) in [5, 5.41) is 2.84. The molecule has 1 aliphatic heterocycles. The maximum absolute atomic E-state index is 11.7. The summed E-state index contributed by atoms with van der Waals surface area (Å²) < 4.78 is 0. The summed E-state index contributed by atoms with van der Waals surface area (Å²) in [6.45, 7) is 3.26. The summed E-state index contributed by atoms with van der Waals surface area (Å²) in [7, 11) is 0. The molecule has 1 unspecified atom stereocenters. The van der Waals surface area contributed by atoms with Crippen LogP contribution in [0, 0.1) is 0 Å². The molecule has 0 spiro atoms. The minimum Gasteiger partial charge on any atom is -0.351 e. The molecule has 6 heteroatoms. The molecule has 1 fully saturated rings. The van der Waals surface area contributed by atoms with Crippen LogP contribution in [0.15, 0.2) is 24.3 Å². The Hall–Kier alpha value is -1.59. The molecule has 0 bridgehead atoms. The molecule has 122 valence electrons. The molecular formula is C16H24ClN3O2. The Morgan fingerprint density at radius 1 is 1.36 bits per heavy atom. The lowest BCUT2D eigenvalue weighted by Gasteiger charge is -2.16. The summed E-state index contributed by atoms with van der Waals surface area (Å²) in [4.78, 5) is 25.2. The Bertz CT molecular complexity index is 505. The number of nitrogens with two attached hydrogens (primary N) is 1. The predicted octanol–water partition coefficient (Wildman–Crippen LogP) is 1.98. The van der Waals surface area contributed by atoms with Gasteiger partial charge in [0, 0.05) is 25.2 Å². The zero-order chi connectivity index (χ0) is 15.2. The number of hydrogen-bond acceptors (Lipinski definition) is 3. The van der Waals surface area contributed by atoms with Crippen LogP contribution < -0.4 is 16.0 Å². The van der Waals surface area contributed by atoms with Gasteiger partial charge in [0.25, 0.3) is 0 Å². The van der Waals surface area contributed by atoms with Crippen LogP contribution in [0.1, 0.15) is 38.2 Å². The summed E-state index contributed by atoms with van der Waals surface area (Å²) in [5.74, 6) is 0.0669. The minimum absolute atomic E-state index is 0. The van der Waals surface area contributed by atoms with E-state index in [1.165, 1.54) is 0 Å². The number of rotatable bonds is 6. The fourth-order valence-electron chi connectivity index (χ4n) is 2.48. The molecule has 0 saturated carbocycles. The first-order valence-corrected chi connectivity index (χ1v) is 7.54. The van der Waals surface area contributed by atoms with Gasteiger partial charge in [-0.15, -0.1) is 12.4 Å². The van der Waals surface area contributed by atoms with Crippen molar-refractivity contribution in [2.24, 2.45) is 5.73 Å². The zero-order valence-corrected chi connectivity index (χ0v) is 13.7. The van der Waals surface area contributed by atoms with Gasteiger partial charge in [0.2, 0.25) is 11.8 Å². The topological polar surface area (TPSA) is 75.4 Å². The van der Waals surface area contributed by atoms with Crippen LogP contribution in [0.3, 0.4) is 0 Å². The number of nitrogens with zero attached hydrogens (tertiary/aromatic N) is 1. The summed E-state index contributed by atoms with van der Waals surface area (Å²) >= 11 is 0. The highest BCUT2D eigenvalue weighted by Crippen LogP contribution is 2.21.